The molecule has 11 heteroatoms. The fourth-order valence-corrected chi connectivity index (χ4v) is 7.63. The van der Waals surface area contributed by atoms with Gasteiger partial charge in [0.25, 0.3) is 0 Å². The van der Waals surface area contributed by atoms with E-state index in [4.69, 9.17) is 4.74 Å². The Labute approximate surface area is 270 Å². The van der Waals surface area contributed by atoms with Crippen LogP contribution in [0.3, 0.4) is 0 Å². The van der Waals surface area contributed by atoms with Gasteiger partial charge in [0.2, 0.25) is 11.8 Å². The summed E-state index contributed by atoms with van der Waals surface area (Å²) in [6, 6.07) is 6.09. The summed E-state index contributed by atoms with van der Waals surface area (Å²) < 4.78 is 30.7. The Hall–Kier alpha value is -2.05. The van der Waals surface area contributed by atoms with Gasteiger partial charge in [0.1, 0.15) is 12.1 Å². The molecule has 4 N–H and O–H groups in total. The van der Waals surface area contributed by atoms with Crippen LogP contribution in [0.2, 0.25) is 0 Å². The molecule has 5 atom stereocenters. The van der Waals surface area contributed by atoms with E-state index in [9.17, 15) is 28.2 Å². The zero-order valence-electron chi connectivity index (χ0n) is 27.6. The number of sulfone groups is 1. The number of unbranched alkanes of at least 4 members (excludes halogenated alkanes) is 1. The number of ether oxygens (including phenoxy) is 1. The fraction of sp³-hybridized carbons (Fsp3) is 0.765. The Bertz CT molecular complexity index is 1150. The number of aliphatic hydroxyl groups excluding tert-OH is 2. The van der Waals surface area contributed by atoms with Crippen molar-refractivity contribution in [2.24, 2.45) is 11.8 Å². The van der Waals surface area contributed by atoms with Gasteiger partial charge in [-0.1, -0.05) is 88.6 Å². The largest absolute Gasteiger partial charge is 0.389 e. The molecule has 256 valence electrons. The Balaban J connectivity index is 1.77. The van der Waals surface area contributed by atoms with Crippen molar-refractivity contribution in [1.82, 2.24) is 15.5 Å². The van der Waals surface area contributed by atoms with Crippen LogP contribution < -0.4 is 10.6 Å². The molecular weight excluding hydrogens is 594 g/mol. The number of benzene rings is 1. The summed E-state index contributed by atoms with van der Waals surface area (Å²) in [5, 5.41) is 28.4. The lowest BCUT2D eigenvalue weighted by Crippen LogP contribution is -2.57. The van der Waals surface area contributed by atoms with E-state index >= 15 is 0 Å². The number of amides is 2. The monoisotopic (exact) mass is 651 g/mol. The third kappa shape index (κ3) is 12.9. The second-order valence-electron chi connectivity index (χ2n) is 13.1. The first-order valence-electron chi connectivity index (χ1n) is 17.0. The molecule has 1 aliphatic heterocycles. The van der Waals surface area contributed by atoms with E-state index in [1.165, 1.54) is 6.42 Å². The lowest BCUT2D eigenvalue weighted by molar-refractivity contribution is -0.132. The highest BCUT2D eigenvalue weighted by Crippen LogP contribution is 2.28. The van der Waals surface area contributed by atoms with Crippen molar-refractivity contribution in [3.05, 3.63) is 35.4 Å². The molecule has 0 aromatic heterocycles. The van der Waals surface area contributed by atoms with Crippen molar-refractivity contribution in [3.8, 4) is 0 Å². The number of aliphatic hydroxyl groups is 2. The highest BCUT2D eigenvalue weighted by atomic mass is 32.2. The molecule has 0 spiro atoms. The number of hydrogen-bond acceptors (Lipinski definition) is 8. The van der Waals surface area contributed by atoms with Crippen LogP contribution in [-0.4, -0.2) is 104 Å². The quantitative estimate of drug-likeness (QED) is 0.190. The molecule has 1 saturated heterocycles. The van der Waals surface area contributed by atoms with Gasteiger partial charge in [-0.15, -0.1) is 0 Å². The van der Waals surface area contributed by atoms with E-state index in [-0.39, 0.29) is 24.5 Å². The van der Waals surface area contributed by atoms with Gasteiger partial charge in [0, 0.05) is 25.4 Å². The van der Waals surface area contributed by atoms with Crippen molar-refractivity contribution in [3.63, 3.8) is 0 Å². The minimum atomic E-state index is -3.47. The van der Waals surface area contributed by atoms with Crippen LogP contribution in [0.5, 0.6) is 0 Å². The summed E-state index contributed by atoms with van der Waals surface area (Å²) in [5.74, 6) is -1.78. The first-order valence-corrected chi connectivity index (χ1v) is 18.9. The molecule has 0 radical (unpaired) electrons. The van der Waals surface area contributed by atoms with E-state index in [1.807, 2.05) is 38.1 Å². The first kappa shape index (κ1) is 37.4. The molecule has 1 heterocycles. The SMILES string of the molecule is CCCC[C@H](NC(=O)[C@H](Cc1cccc(C)c1)CS(=O)(=O)CC)C(=O)N[C@@H](CC1CCCCC1)[C@@H](O)[C@@H](O)CN1CCOCC1. The van der Waals surface area contributed by atoms with Crippen LogP contribution in [0.25, 0.3) is 0 Å². The minimum absolute atomic E-state index is 0.0716. The minimum Gasteiger partial charge on any atom is -0.389 e. The normalized spacial score (nSPS) is 20.1. The van der Waals surface area contributed by atoms with Crippen LogP contribution in [0.4, 0.5) is 0 Å². The molecule has 1 saturated carbocycles. The van der Waals surface area contributed by atoms with E-state index in [0.717, 1.165) is 43.2 Å². The number of rotatable bonds is 18. The van der Waals surface area contributed by atoms with Crippen molar-refractivity contribution < 1.29 is 33.0 Å². The lowest BCUT2D eigenvalue weighted by atomic mass is 9.83. The predicted molar refractivity (Wildman–Crippen MR) is 177 cm³/mol. The molecule has 0 bridgehead atoms. The van der Waals surface area contributed by atoms with Crippen LogP contribution in [0, 0.1) is 18.8 Å². The molecule has 1 aromatic rings. The predicted octanol–water partition coefficient (Wildman–Crippen LogP) is 2.77. The van der Waals surface area contributed by atoms with E-state index in [1.54, 1.807) is 6.92 Å². The van der Waals surface area contributed by atoms with Gasteiger partial charge in [-0.05, 0) is 37.7 Å². The number of nitrogens with one attached hydrogen (secondary N) is 2. The van der Waals surface area contributed by atoms with Crippen LogP contribution in [-0.2, 0) is 30.6 Å². The van der Waals surface area contributed by atoms with Gasteiger partial charge in [-0.3, -0.25) is 14.5 Å². The number of carbonyl (C=O) groups is 2. The molecule has 10 nitrogen and oxygen atoms in total. The topological polar surface area (TPSA) is 145 Å². The number of β-amino-alcohol motifs (C(OH)–C–C–N with tert-alkyl or cyclic N) is 1. The van der Waals surface area contributed by atoms with Crippen LogP contribution in [0.1, 0.15) is 82.8 Å². The summed E-state index contributed by atoms with van der Waals surface area (Å²) in [7, 11) is -3.47. The van der Waals surface area contributed by atoms with Gasteiger partial charge in [0.15, 0.2) is 9.84 Å². The molecule has 1 aliphatic carbocycles. The molecule has 45 heavy (non-hydrogen) atoms. The average Bonchev–Trinajstić information content (AvgIpc) is 3.02. The van der Waals surface area contributed by atoms with Crippen LogP contribution >= 0.6 is 0 Å². The number of carbonyl (C=O) groups excluding carboxylic acids is 2. The van der Waals surface area contributed by atoms with Gasteiger partial charge in [-0.2, -0.15) is 0 Å². The van der Waals surface area contributed by atoms with E-state index in [0.29, 0.717) is 51.5 Å². The smallest absolute Gasteiger partial charge is 0.242 e. The third-order valence-corrected chi connectivity index (χ3v) is 11.1. The third-order valence-electron chi connectivity index (χ3n) is 9.30. The molecule has 1 aromatic carbocycles. The van der Waals surface area contributed by atoms with E-state index < -0.39 is 51.9 Å². The Morgan fingerprint density at radius 2 is 1.76 bits per heavy atom. The average molecular weight is 652 g/mol. The Morgan fingerprint density at radius 3 is 2.40 bits per heavy atom. The Kier molecular flexibility index (Phi) is 15.7. The summed E-state index contributed by atoms with van der Waals surface area (Å²) in [5.41, 5.74) is 1.88. The van der Waals surface area contributed by atoms with E-state index in [2.05, 4.69) is 15.5 Å². The van der Waals surface area contributed by atoms with Gasteiger partial charge in [-0.25, -0.2) is 8.42 Å². The van der Waals surface area contributed by atoms with Crippen LogP contribution in [0.15, 0.2) is 24.3 Å². The highest BCUT2D eigenvalue weighted by molar-refractivity contribution is 7.91. The summed E-state index contributed by atoms with van der Waals surface area (Å²) in [6.45, 7) is 8.30. The standard InChI is InChI=1S/C34H57N3O7S/c1-4-6-15-29(35-33(40)28(24-45(42,43)5-2)21-27-14-10-11-25(3)20-27)34(41)36-30(22-26-12-8-7-9-13-26)32(39)31(38)23-37-16-18-44-19-17-37/h10-11,14,20,26,28-32,38-39H,4-9,12-13,15-19,21-24H2,1-3H3,(H,35,40)(H,36,41)/t28-,29+,30+,31+,32-/m1/s1. The van der Waals surface area contributed by atoms with Gasteiger partial charge < -0.3 is 25.6 Å². The second kappa shape index (κ2) is 18.9. The van der Waals surface area contributed by atoms with Crippen molar-refractivity contribution in [2.45, 2.75) is 109 Å². The first-order chi connectivity index (χ1) is 21.5. The lowest BCUT2D eigenvalue weighted by Gasteiger charge is -2.35. The Morgan fingerprint density at radius 1 is 1.04 bits per heavy atom. The molecule has 2 fully saturated rings. The fourth-order valence-electron chi connectivity index (χ4n) is 6.52. The molecule has 2 aliphatic rings. The molecule has 2 amide bonds. The number of morpholine rings is 1. The molecule has 0 unspecified atom stereocenters. The van der Waals surface area contributed by atoms with Crippen molar-refractivity contribution >= 4 is 21.7 Å². The van der Waals surface area contributed by atoms with Gasteiger partial charge >= 0.3 is 0 Å². The molecular formula is C34H57N3O7S. The van der Waals surface area contributed by atoms with Gasteiger partial charge in [0.05, 0.1) is 37.0 Å². The zero-order valence-corrected chi connectivity index (χ0v) is 28.4. The summed E-state index contributed by atoms with van der Waals surface area (Å²) in [4.78, 5) is 29.6. The molecule has 3 rings (SSSR count). The maximum Gasteiger partial charge on any atom is 0.242 e. The van der Waals surface area contributed by atoms with Crippen molar-refractivity contribution in [2.75, 3.05) is 44.4 Å². The van der Waals surface area contributed by atoms with Crippen molar-refractivity contribution in [1.29, 1.82) is 0 Å². The summed E-state index contributed by atoms with van der Waals surface area (Å²) >= 11 is 0. The highest BCUT2D eigenvalue weighted by Gasteiger charge is 2.35. The number of nitrogens with zero attached hydrogens (tertiary/aromatic N) is 1. The number of hydrogen-bond donors (Lipinski definition) is 4. The number of aryl methyl sites for hydroxylation is 1. The summed E-state index contributed by atoms with van der Waals surface area (Å²) in [6.07, 6.45) is 5.86. The zero-order chi connectivity index (χ0) is 32.8. The second-order valence-corrected chi connectivity index (χ2v) is 15.5. The maximum absolute atomic E-state index is 13.9. The maximum atomic E-state index is 13.9.